The largest absolute Gasteiger partial charge is 0.489 e. The third kappa shape index (κ3) is 9.90. The van der Waals surface area contributed by atoms with Gasteiger partial charge >= 0.3 is 0 Å². The summed E-state index contributed by atoms with van der Waals surface area (Å²) in [5.74, 6) is 1.71. The average molecular weight is 951 g/mol. The third-order valence-corrected chi connectivity index (χ3v) is 14.1. The molecule has 0 radical (unpaired) electrons. The highest BCUT2D eigenvalue weighted by Crippen LogP contribution is 2.55. The summed E-state index contributed by atoms with van der Waals surface area (Å²) in [7, 11) is -1.92. The minimum atomic E-state index is -3.57. The maximum absolute atomic E-state index is 13.4. The number of rotatable bonds is 16. The fourth-order valence-electron chi connectivity index (χ4n) is 9.27. The summed E-state index contributed by atoms with van der Waals surface area (Å²) >= 11 is 6.25. The second-order valence-electron chi connectivity index (χ2n) is 17.8. The zero-order valence-electron chi connectivity index (χ0n) is 38.0. The highest BCUT2D eigenvalue weighted by Gasteiger charge is 2.64. The van der Waals surface area contributed by atoms with Gasteiger partial charge < -0.3 is 38.7 Å². The normalized spacial score (nSPS) is 17.9. The summed E-state index contributed by atoms with van der Waals surface area (Å²) in [5.41, 5.74) is 1.66. The predicted octanol–water partition coefficient (Wildman–Crippen LogP) is 7.47. The van der Waals surface area contributed by atoms with E-state index < -0.39 is 20.9 Å². The van der Waals surface area contributed by atoms with E-state index in [4.69, 9.17) is 30.5 Å². The zero-order valence-corrected chi connectivity index (χ0v) is 39.6. The number of aromatic nitrogens is 5. The van der Waals surface area contributed by atoms with Gasteiger partial charge in [-0.1, -0.05) is 45.4 Å². The number of fused-ring (bicyclic) bond motifs is 1. The van der Waals surface area contributed by atoms with E-state index in [1.807, 2.05) is 0 Å². The summed E-state index contributed by atoms with van der Waals surface area (Å²) < 4.78 is 53.7. The Kier molecular flexibility index (Phi) is 13.2. The van der Waals surface area contributed by atoms with Gasteiger partial charge in [0.25, 0.3) is 11.5 Å². The molecular weight excluding hydrogens is 898 g/mol. The number of hydrogen-bond acceptors (Lipinski definition) is 13. The first-order chi connectivity index (χ1) is 32.0. The minimum absolute atomic E-state index is 0.00980. The number of nitrogens with one attached hydrogen (secondary N) is 3. The number of ether oxygens (including phenoxy) is 4. The topological polar surface area (TPSA) is 216 Å². The number of nitrogens with zero attached hydrogens (tertiary/aromatic N) is 6. The number of anilines is 2. The molecule has 2 aromatic carbocycles. The first kappa shape index (κ1) is 46.8. The van der Waals surface area contributed by atoms with Crippen LogP contribution in [-0.2, 0) is 21.8 Å². The molecule has 6 aromatic rings. The number of halogens is 1. The van der Waals surface area contributed by atoms with Gasteiger partial charge in [-0.15, -0.1) is 0 Å². The van der Waals surface area contributed by atoms with Gasteiger partial charge in [-0.3, -0.25) is 14.3 Å². The van der Waals surface area contributed by atoms with Crippen LogP contribution in [-0.4, -0.2) is 89.1 Å². The Morgan fingerprint density at radius 3 is 2.42 bits per heavy atom. The van der Waals surface area contributed by atoms with E-state index in [0.717, 1.165) is 12.8 Å². The molecule has 1 saturated carbocycles. The Morgan fingerprint density at radius 2 is 1.72 bits per heavy atom. The molecule has 1 aliphatic heterocycles. The molecule has 0 spiro atoms. The fraction of sp³-hybridized carbons (Fsp3) is 0.375. The number of carbonyl (C=O) groups is 1. The van der Waals surface area contributed by atoms with Crippen LogP contribution >= 0.6 is 11.6 Å². The molecule has 1 aliphatic carbocycles. The molecule has 3 N–H and O–H groups in total. The van der Waals surface area contributed by atoms with Gasteiger partial charge in [0.2, 0.25) is 27.7 Å². The Morgan fingerprint density at radius 1 is 0.985 bits per heavy atom. The Hall–Kier alpha value is -6.68. The molecule has 2 aliphatic rings. The molecule has 0 bridgehead atoms. The monoisotopic (exact) mass is 949 g/mol. The molecule has 19 heteroatoms. The second kappa shape index (κ2) is 18.9. The van der Waals surface area contributed by atoms with Gasteiger partial charge in [0.05, 0.1) is 34.6 Å². The van der Waals surface area contributed by atoms with E-state index in [1.165, 1.54) is 4.57 Å². The molecule has 5 heterocycles. The third-order valence-electron chi connectivity index (χ3n) is 12.5. The highest BCUT2D eigenvalue weighted by molar-refractivity contribution is 7.92. The summed E-state index contributed by atoms with van der Waals surface area (Å²) in [6, 6.07) is 18.8. The molecular formula is C48H52ClN9O8S. The van der Waals surface area contributed by atoms with Crippen molar-refractivity contribution in [2.75, 3.05) is 41.7 Å². The molecule has 67 heavy (non-hydrogen) atoms. The van der Waals surface area contributed by atoms with E-state index in [-0.39, 0.29) is 48.0 Å². The summed E-state index contributed by atoms with van der Waals surface area (Å²) in [6.45, 7) is 11.7. The fourth-order valence-corrected chi connectivity index (χ4v) is 10.1. The number of piperidine rings is 1. The Balaban J connectivity index is 0.816. The Labute approximate surface area is 393 Å². The van der Waals surface area contributed by atoms with Crippen LogP contribution in [0, 0.1) is 22.2 Å². The number of nitriles is 1. The minimum Gasteiger partial charge on any atom is -0.489 e. The number of pyridine rings is 2. The van der Waals surface area contributed by atoms with Crippen molar-refractivity contribution >= 4 is 50.1 Å². The maximum Gasteiger partial charge on any atom is 0.274 e. The van der Waals surface area contributed by atoms with E-state index >= 15 is 0 Å². The number of sulfonamides is 1. The van der Waals surface area contributed by atoms with E-state index in [9.17, 15) is 23.3 Å². The van der Waals surface area contributed by atoms with Crippen LogP contribution in [0.15, 0.2) is 90.2 Å². The molecule has 0 unspecified atom stereocenters. The molecule has 1 saturated heterocycles. The molecule has 0 atom stereocenters. The second-order valence-corrected chi connectivity index (χ2v) is 20.3. The smallest absolute Gasteiger partial charge is 0.274 e. The number of H-pyrrole nitrogens is 1. The number of benzene rings is 2. The van der Waals surface area contributed by atoms with Gasteiger partial charge in [-0.2, -0.15) is 10.2 Å². The standard InChI is InChI=1S/C48H52ClN9O8S/c1-7-67(61,62)56-31-12-14-38(35(23-31)36-28-57(6)43(60)41-34(36)15-18-51-41)66-40-10-8-9-39(54-40)64-22-21-63-32-16-19-58(20-17-32)46-52-26-30(27-53-46)42(59)55-44-47(2,3)45(48(44,4)5)65-33-13-11-29(25-50)37(49)24-33/h8-15,18,23-24,26-28,32,44-45,51,56H,7,16-17,19-22H2,1-6H3,(H,55,59)/t44-,45-. The molecule has 2 fully saturated rings. The highest BCUT2D eigenvalue weighted by atomic mass is 35.5. The predicted molar refractivity (Wildman–Crippen MR) is 254 cm³/mol. The van der Waals surface area contributed by atoms with Crippen molar-refractivity contribution in [3.63, 3.8) is 0 Å². The number of aryl methyl sites for hydroxylation is 1. The van der Waals surface area contributed by atoms with Crippen LogP contribution in [0.2, 0.25) is 5.02 Å². The van der Waals surface area contributed by atoms with Crippen molar-refractivity contribution in [3.8, 4) is 40.5 Å². The molecule has 8 rings (SSSR count). The van der Waals surface area contributed by atoms with Crippen molar-refractivity contribution in [3.05, 3.63) is 112 Å². The lowest BCUT2D eigenvalue weighted by molar-refractivity contribution is -0.164. The van der Waals surface area contributed by atoms with E-state index in [0.29, 0.717) is 86.9 Å². The molecule has 350 valence electrons. The van der Waals surface area contributed by atoms with Crippen LogP contribution in [0.3, 0.4) is 0 Å². The molecule has 17 nitrogen and oxygen atoms in total. The van der Waals surface area contributed by atoms with E-state index in [2.05, 4.69) is 68.6 Å². The lowest BCUT2D eigenvalue weighted by atomic mass is 9.49. The van der Waals surface area contributed by atoms with Crippen molar-refractivity contribution in [2.24, 2.45) is 17.9 Å². The summed E-state index contributed by atoms with van der Waals surface area (Å²) in [4.78, 5) is 45.0. The van der Waals surface area contributed by atoms with Crippen LogP contribution < -0.4 is 34.7 Å². The van der Waals surface area contributed by atoms with Gasteiger partial charge in [0.15, 0.2) is 0 Å². The van der Waals surface area contributed by atoms with Crippen LogP contribution in [0.5, 0.6) is 23.3 Å². The van der Waals surface area contributed by atoms with Gasteiger partial charge in [0.1, 0.15) is 35.8 Å². The van der Waals surface area contributed by atoms with Gasteiger partial charge in [0, 0.05) is 102 Å². The van der Waals surface area contributed by atoms with Crippen LogP contribution in [0.1, 0.15) is 63.4 Å². The number of amides is 1. The average Bonchev–Trinajstić information content (AvgIpc) is 3.81. The van der Waals surface area contributed by atoms with Crippen molar-refractivity contribution < 1.29 is 32.2 Å². The van der Waals surface area contributed by atoms with Gasteiger partial charge in [-0.05, 0) is 56.2 Å². The number of carbonyl (C=O) groups excluding carboxylic acids is 1. The maximum atomic E-state index is 13.4. The van der Waals surface area contributed by atoms with Gasteiger partial charge in [-0.25, -0.2) is 18.4 Å². The van der Waals surface area contributed by atoms with Crippen LogP contribution in [0.25, 0.3) is 22.0 Å². The summed E-state index contributed by atoms with van der Waals surface area (Å²) in [6.07, 6.45) is 7.76. The van der Waals surface area contributed by atoms with Crippen LogP contribution in [0.4, 0.5) is 11.6 Å². The van der Waals surface area contributed by atoms with Crippen molar-refractivity contribution in [2.45, 2.75) is 65.7 Å². The lowest BCUT2D eigenvalue weighted by Crippen LogP contribution is -2.74. The SMILES string of the molecule is CCS(=O)(=O)Nc1ccc(Oc2cccc(OCCOC3CCN(c4ncc(C(=O)N[C@H]5C(C)(C)[C@H](Oc6ccc(C#N)c(Cl)c6)C5(C)C)cn4)CC3)n2)c(-c2cn(C)c(=O)c3[nH]ccc23)c1. The number of hydrogen-bond donors (Lipinski definition) is 3. The number of aromatic amines is 1. The first-order valence-corrected chi connectivity index (χ1v) is 24.0. The first-order valence-electron chi connectivity index (χ1n) is 21.9. The Bertz CT molecular complexity index is 3000. The quantitative estimate of drug-likeness (QED) is 0.0804. The van der Waals surface area contributed by atoms with Crippen molar-refractivity contribution in [1.29, 1.82) is 5.26 Å². The molecule has 4 aromatic heterocycles. The van der Waals surface area contributed by atoms with E-state index in [1.54, 1.807) is 99.4 Å². The lowest BCUT2D eigenvalue weighted by Gasteiger charge is -2.63. The van der Waals surface area contributed by atoms with Crippen molar-refractivity contribution in [1.82, 2.24) is 29.8 Å². The zero-order chi connectivity index (χ0) is 47.7. The molecule has 1 amide bonds. The summed E-state index contributed by atoms with van der Waals surface area (Å²) in [5, 5.41) is 13.4.